The molecule has 1 N–H and O–H groups in total. The Hall–Kier alpha value is -0.0800. The van der Waals surface area contributed by atoms with Gasteiger partial charge in [-0.1, -0.05) is 13.3 Å². The van der Waals surface area contributed by atoms with Gasteiger partial charge in [0.25, 0.3) is 0 Å². The van der Waals surface area contributed by atoms with Gasteiger partial charge in [0, 0.05) is 12.6 Å². The van der Waals surface area contributed by atoms with Crippen LogP contribution in [-0.4, -0.2) is 26.3 Å². The summed E-state index contributed by atoms with van der Waals surface area (Å²) in [5.74, 6) is 0.881. The predicted molar refractivity (Wildman–Crippen MR) is 51.3 cm³/mol. The van der Waals surface area contributed by atoms with Crippen LogP contribution in [0.2, 0.25) is 0 Å². The van der Waals surface area contributed by atoms with Crippen molar-refractivity contribution in [3.63, 3.8) is 0 Å². The Labute approximate surface area is 75.7 Å². The zero-order valence-corrected chi connectivity index (χ0v) is 8.31. The number of nitrogens with one attached hydrogen (secondary N) is 1. The van der Waals surface area contributed by atoms with Gasteiger partial charge in [-0.2, -0.15) is 0 Å². The maximum absolute atomic E-state index is 5.53. The van der Waals surface area contributed by atoms with E-state index in [1.165, 1.54) is 19.3 Å². The van der Waals surface area contributed by atoms with Gasteiger partial charge < -0.3 is 10.1 Å². The molecule has 1 aliphatic carbocycles. The SMILES string of the molecule is CCCOCC(NC)C1CCC1. The smallest absolute Gasteiger partial charge is 0.0622 e. The summed E-state index contributed by atoms with van der Waals surface area (Å²) in [4.78, 5) is 0. The highest BCUT2D eigenvalue weighted by atomic mass is 16.5. The van der Waals surface area contributed by atoms with Gasteiger partial charge in [-0.05, 0) is 32.2 Å². The molecule has 2 nitrogen and oxygen atoms in total. The van der Waals surface area contributed by atoms with Crippen LogP contribution in [-0.2, 0) is 4.74 Å². The Bertz CT molecular complexity index is 112. The first kappa shape index (κ1) is 10.0. The van der Waals surface area contributed by atoms with Gasteiger partial charge in [-0.15, -0.1) is 0 Å². The fraction of sp³-hybridized carbons (Fsp3) is 1.00. The molecule has 0 amide bonds. The van der Waals surface area contributed by atoms with E-state index >= 15 is 0 Å². The fourth-order valence-electron chi connectivity index (χ4n) is 1.65. The minimum atomic E-state index is 0.602. The fourth-order valence-corrected chi connectivity index (χ4v) is 1.65. The molecule has 0 saturated heterocycles. The van der Waals surface area contributed by atoms with Crippen molar-refractivity contribution in [2.24, 2.45) is 5.92 Å². The zero-order valence-electron chi connectivity index (χ0n) is 8.31. The van der Waals surface area contributed by atoms with Gasteiger partial charge in [-0.25, -0.2) is 0 Å². The van der Waals surface area contributed by atoms with Crippen molar-refractivity contribution in [3.05, 3.63) is 0 Å². The van der Waals surface area contributed by atoms with Crippen LogP contribution < -0.4 is 5.32 Å². The van der Waals surface area contributed by atoms with E-state index in [-0.39, 0.29) is 0 Å². The number of likely N-dealkylation sites (N-methyl/N-ethyl adjacent to an activating group) is 1. The summed E-state index contributed by atoms with van der Waals surface area (Å²) >= 11 is 0. The summed E-state index contributed by atoms with van der Waals surface area (Å²) < 4.78 is 5.53. The molecule has 1 aliphatic rings. The molecule has 0 spiro atoms. The van der Waals surface area contributed by atoms with E-state index in [2.05, 4.69) is 12.2 Å². The molecule has 1 fully saturated rings. The van der Waals surface area contributed by atoms with Crippen LogP contribution in [0.15, 0.2) is 0 Å². The molecule has 1 unspecified atom stereocenters. The van der Waals surface area contributed by atoms with Crippen molar-refractivity contribution in [3.8, 4) is 0 Å². The molecule has 72 valence electrons. The number of rotatable bonds is 6. The van der Waals surface area contributed by atoms with Gasteiger partial charge in [0.1, 0.15) is 0 Å². The van der Waals surface area contributed by atoms with Gasteiger partial charge in [-0.3, -0.25) is 0 Å². The van der Waals surface area contributed by atoms with Gasteiger partial charge in [0.2, 0.25) is 0 Å². The molecule has 1 saturated carbocycles. The Kier molecular flexibility index (Phi) is 4.62. The molecular weight excluding hydrogens is 150 g/mol. The highest BCUT2D eigenvalue weighted by Gasteiger charge is 2.25. The Morgan fingerprint density at radius 3 is 2.67 bits per heavy atom. The van der Waals surface area contributed by atoms with E-state index in [1.807, 2.05) is 7.05 Å². The zero-order chi connectivity index (χ0) is 8.81. The van der Waals surface area contributed by atoms with Gasteiger partial charge >= 0.3 is 0 Å². The molecule has 0 aromatic carbocycles. The number of hydrogen-bond acceptors (Lipinski definition) is 2. The Morgan fingerprint density at radius 1 is 1.50 bits per heavy atom. The van der Waals surface area contributed by atoms with Crippen LogP contribution in [0.5, 0.6) is 0 Å². The van der Waals surface area contributed by atoms with Crippen LogP contribution in [0.1, 0.15) is 32.6 Å². The van der Waals surface area contributed by atoms with Gasteiger partial charge in [0.05, 0.1) is 6.61 Å². The van der Waals surface area contributed by atoms with Crippen LogP contribution in [0.25, 0.3) is 0 Å². The summed E-state index contributed by atoms with van der Waals surface area (Å²) in [5, 5.41) is 3.34. The normalized spacial score (nSPS) is 20.5. The van der Waals surface area contributed by atoms with Gasteiger partial charge in [0.15, 0.2) is 0 Å². The molecule has 0 aromatic rings. The van der Waals surface area contributed by atoms with Crippen molar-refractivity contribution in [2.75, 3.05) is 20.3 Å². The third-order valence-electron chi connectivity index (χ3n) is 2.74. The molecule has 1 rings (SSSR count). The number of hydrogen-bond donors (Lipinski definition) is 1. The lowest BCUT2D eigenvalue weighted by molar-refractivity contribution is 0.0780. The van der Waals surface area contributed by atoms with E-state index in [0.29, 0.717) is 6.04 Å². The van der Waals surface area contributed by atoms with E-state index in [1.54, 1.807) is 0 Å². The van der Waals surface area contributed by atoms with Crippen molar-refractivity contribution in [1.29, 1.82) is 0 Å². The van der Waals surface area contributed by atoms with E-state index in [0.717, 1.165) is 25.6 Å². The van der Waals surface area contributed by atoms with Crippen LogP contribution in [0, 0.1) is 5.92 Å². The van der Waals surface area contributed by atoms with Crippen molar-refractivity contribution in [1.82, 2.24) is 5.32 Å². The second-order valence-corrected chi connectivity index (χ2v) is 3.66. The van der Waals surface area contributed by atoms with E-state index in [4.69, 9.17) is 4.74 Å². The molecule has 0 heterocycles. The summed E-state index contributed by atoms with van der Waals surface area (Å²) in [6.45, 7) is 3.96. The van der Waals surface area contributed by atoms with Crippen LogP contribution >= 0.6 is 0 Å². The monoisotopic (exact) mass is 171 g/mol. The second kappa shape index (κ2) is 5.55. The maximum Gasteiger partial charge on any atom is 0.0622 e. The van der Waals surface area contributed by atoms with Crippen LogP contribution in [0.3, 0.4) is 0 Å². The standard InChI is InChI=1S/C10H21NO/c1-3-7-12-8-10(11-2)9-5-4-6-9/h9-11H,3-8H2,1-2H3. The summed E-state index contributed by atoms with van der Waals surface area (Å²) in [5.41, 5.74) is 0. The highest BCUT2D eigenvalue weighted by molar-refractivity contribution is 4.81. The van der Waals surface area contributed by atoms with Crippen molar-refractivity contribution < 1.29 is 4.74 Å². The second-order valence-electron chi connectivity index (χ2n) is 3.66. The molecule has 0 bridgehead atoms. The van der Waals surface area contributed by atoms with E-state index < -0.39 is 0 Å². The van der Waals surface area contributed by atoms with Crippen molar-refractivity contribution in [2.45, 2.75) is 38.6 Å². The molecule has 2 heteroatoms. The first-order chi connectivity index (χ1) is 5.88. The minimum absolute atomic E-state index is 0.602. The first-order valence-electron chi connectivity index (χ1n) is 5.13. The average Bonchev–Trinajstić information content (AvgIpc) is 1.99. The quantitative estimate of drug-likeness (QED) is 0.615. The third kappa shape index (κ3) is 2.76. The minimum Gasteiger partial charge on any atom is -0.380 e. The lowest BCUT2D eigenvalue weighted by Crippen LogP contribution is -2.41. The maximum atomic E-state index is 5.53. The highest BCUT2D eigenvalue weighted by Crippen LogP contribution is 2.29. The van der Waals surface area contributed by atoms with Crippen LogP contribution in [0.4, 0.5) is 0 Å². The molecule has 12 heavy (non-hydrogen) atoms. The molecule has 1 atom stereocenters. The summed E-state index contributed by atoms with van der Waals surface area (Å²) in [6.07, 6.45) is 5.32. The average molecular weight is 171 g/mol. The molecule has 0 aliphatic heterocycles. The molecule has 0 radical (unpaired) electrons. The summed E-state index contributed by atoms with van der Waals surface area (Å²) in [6, 6.07) is 0.602. The van der Waals surface area contributed by atoms with E-state index in [9.17, 15) is 0 Å². The largest absolute Gasteiger partial charge is 0.380 e. The molecule has 0 aromatic heterocycles. The Morgan fingerprint density at radius 2 is 2.25 bits per heavy atom. The summed E-state index contributed by atoms with van der Waals surface area (Å²) in [7, 11) is 2.04. The number of ether oxygens (including phenoxy) is 1. The Balaban J connectivity index is 2.07. The predicted octanol–water partition coefficient (Wildman–Crippen LogP) is 1.80. The third-order valence-corrected chi connectivity index (χ3v) is 2.74. The lowest BCUT2D eigenvalue weighted by atomic mass is 9.80. The topological polar surface area (TPSA) is 21.3 Å². The molecular formula is C10H21NO. The van der Waals surface area contributed by atoms with Crippen molar-refractivity contribution >= 4 is 0 Å². The lowest BCUT2D eigenvalue weighted by Gasteiger charge is -2.33. The first-order valence-corrected chi connectivity index (χ1v) is 5.13.